The summed E-state index contributed by atoms with van der Waals surface area (Å²) in [7, 11) is 0. The molecule has 0 spiro atoms. The quantitative estimate of drug-likeness (QED) is 0.619. The van der Waals surface area contributed by atoms with Crippen LogP contribution < -0.4 is 4.90 Å². The second-order valence-corrected chi connectivity index (χ2v) is 8.30. The number of piperidine rings is 1. The SMILES string of the molecule is CCCN(C(=O)c1cccs1)C1CCN(c2cc(C#N)nc3ccccc23)CC1. The minimum absolute atomic E-state index is 0.154. The molecule has 3 aromatic rings. The molecule has 2 aromatic heterocycles. The molecule has 1 saturated heterocycles. The van der Waals surface area contributed by atoms with Crippen molar-refractivity contribution in [3.63, 3.8) is 0 Å². The van der Waals surface area contributed by atoms with Crippen LogP contribution in [0.2, 0.25) is 0 Å². The Morgan fingerprint density at radius 3 is 2.76 bits per heavy atom. The van der Waals surface area contributed by atoms with Gasteiger partial charge in [0.15, 0.2) is 0 Å². The van der Waals surface area contributed by atoms with Crippen molar-refractivity contribution < 1.29 is 4.79 Å². The molecule has 0 aliphatic carbocycles. The van der Waals surface area contributed by atoms with Gasteiger partial charge in [-0.25, -0.2) is 4.98 Å². The number of benzene rings is 1. The highest BCUT2D eigenvalue weighted by molar-refractivity contribution is 7.12. The molecule has 0 bridgehead atoms. The summed E-state index contributed by atoms with van der Waals surface area (Å²) in [5.41, 5.74) is 2.36. The largest absolute Gasteiger partial charge is 0.371 e. The molecule has 0 N–H and O–H groups in total. The van der Waals surface area contributed by atoms with Crippen LogP contribution in [0.15, 0.2) is 47.8 Å². The summed E-state index contributed by atoms with van der Waals surface area (Å²) in [5, 5.41) is 12.4. The molecular formula is C23H24N4OS. The Labute approximate surface area is 175 Å². The number of aromatic nitrogens is 1. The van der Waals surface area contributed by atoms with E-state index in [4.69, 9.17) is 0 Å². The van der Waals surface area contributed by atoms with Gasteiger partial charge in [0.05, 0.1) is 10.4 Å². The number of nitriles is 1. The predicted molar refractivity (Wildman–Crippen MR) is 117 cm³/mol. The number of rotatable bonds is 5. The van der Waals surface area contributed by atoms with Gasteiger partial charge in [0.2, 0.25) is 0 Å². The number of carbonyl (C=O) groups is 1. The number of amides is 1. The van der Waals surface area contributed by atoms with Gasteiger partial charge in [-0.2, -0.15) is 5.26 Å². The molecule has 6 heteroatoms. The second-order valence-electron chi connectivity index (χ2n) is 7.35. The van der Waals surface area contributed by atoms with Crippen molar-refractivity contribution in [2.45, 2.75) is 32.2 Å². The fourth-order valence-corrected chi connectivity index (χ4v) is 4.81. The number of para-hydroxylation sites is 1. The standard InChI is InChI=1S/C23H24N4OS/c1-2-11-27(23(28)22-8-5-14-29-22)18-9-12-26(13-10-18)21-15-17(16-24)25-20-7-4-3-6-19(20)21/h3-8,14-15,18H,2,9-13H2,1H3. The first-order valence-corrected chi connectivity index (χ1v) is 11.0. The maximum Gasteiger partial charge on any atom is 0.264 e. The summed E-state index contributed by atoms with van der Waals surface area (Å²) in [6, 6.07) is 16.2. The molecule has 0 atom stereocenters. The van der Waals surface area contributed by atoms with Crippen molar-refractivity contribution >= 4 is 33.8 Å². The van der Waals surface area contributed by atoms with E-state index in [9.17, 15) is 10.1 Å². The molecule has 4 rings (SSSR count). The van der Waals surface area contributed by atoms with E-state index in [-0.39, 0.29) is 11.9 Å². The van der Waals surface area contributed by atoms with Gasteiger partial charge in [0, 0.05) is 36.7 Å². The topological polar surface area (TPSA) is 60.2 Å². The number of hydrogen-bond donors (Lipinski definition) is 0. The number of nitrogens with zero attached hydrogens (tertiary/aromatic N) is 4. The lowest BCUT2D eigenvalue weighted by Crippen LogP contribution is -2.47. The molecule has 1 fully saturated rings. The van der Waals surface area contributed by atoms with Crippen molar-refractivity contribution in [1.82, 2.24) is 9.88 Å². The fraction of sp³-hybridized carbons (Fsp3) is 0.348. The van der Waals surface area contributed by atoms with Crippen molar-refractivity contribution in [2.24, 2.45) is 0 Å². The summed E-state index contributed by atoms with van der Waals surface area (Å²) in [5.74, 6) is 0.154. The van der Waals surface area contributed by atoms with Gasteiger partial charge in [-0.3, -0.25) is 4.79 Å². The molecule has 1 aliphatic heterocycles. The average molecular weight is 405 g/mol. The van der Waals surface area contributed by atoms with Gasteiger partial charge >= 0.3 is 0 Å². The van der Waals surface area contributed by atoms with Crippen LogP contribution in [0.3, 0.4) is 0 Å². The lowest BCUT2D eigenvalue weighted by atomic mass is 10.0. The second kappa shape index (κ2) is 8.62. The highest BCUT2D eigenvalue weighted by atomic mass is 32.1. The molecule has 0 radical (unpaired) electrons. The maximum atomic E-state index is 13.0. The zero-order valence-corrected chi connectivity index (χ0v) is 17.4. The van der Waals surface area contributed by atoms with Crippen LogP contribution in [-0.4, -0.2) is 41.5 Å². The molecule has 1 aromatic carbocycles. The van der Waals surface area contributed by atoms with E-state index in [2.05, 4.69) is 33.8 Å². The fourth-order valence-electron chi connectivity index (χ4n) is 4.13. The van der Waals surface area contributed by atoms with Crippen LogP contribution in [0.1, 0.15) is 41.6 Å². The minimum Gasteiger partial charge on any atom is -0.371 e. The van der Waals surface area contributed by atoms with Gasteiger partial charge in [0.1, 0.15) is 11.8 Å². The van der Waals surface area contributed by atoms with E-state index in [0.29, 0.717) is 5.69 Å². The maximum absolute atomic E-state index is 13.0. The van der Waals surface area contributed by atoms with E-state index >= 15 is 0 Å². The molecule has 3 heterocycles. The van der Waals surface area contributed by atoms with Crippen LogP contribution >= 0.6 is 11.3 Å². The summed E-state index contributed by atoms with van der Waals surface area (Å²) in [4.78, 5) is 22.6. The summed E-state index contributed by atoms with van der Waals surface area (Å²) >= 11 is 1.51. The normalized spacial score (nSPS) is 14.7. The molecule has 5 nitrogen and oxygen atoms in total. The summed E-state index contributed by atoms with van der Waals surface area (Å²) < 4.78 is 0. The van der Waals surface area contributed by atoms with Crippen LogP contribution in [-0.2, 0) is 0 Å². The summed E-state index contributed by atoms with van der Waals surface area (Å²) in [6.07, 6.45) is 2.81. The Kier molecular flexibility index (Phi) is 5.77. The van der Waals surface area contributed by atoms with Crippen LogP contribution in [0.25, 0.3) is 10.9 Å². The third kappa shape index (κ3) is 3.96. The van der Waals surface area contributed by atoms with Gasteiger partial charge in [-0.1, -0.05) is 31.2 Å². The first-order valence-electron chi connectivity index (χ1n) is 10.1. The molecule has 29 heavy (non-hydrogen) atoms. The third-order valence-electron chi connectivity index (χ3n) is 5.51. The van der Waals surface area contributed by atoms with E-state index < -0.39 is 0 Å². The number of anilines is 1. The third-order valence-corrected chi connectivity index (χ3v) is 6.37. The number of pyridine rings is 1. The highest BCUT2D eigenvalue weighted by Crippen LogP contribution is 2.30. The Balaban J connectivity index is 1.54. The van der Waals surface area contributed by atoms with Crippen molar-refractivity contribution in [3.05, 3.63) is 58.4 Å². The van der Waals surface area contributed by atoms with Crippen molar-refractivity contribution in [1.29, 1.82) is 5.26 Å². The van der Waals surface area contributed by atoms with Crippen LogP contribution in [0.4, 0.5) is 5.69 Å². The van der Waals surface area contributed by atoms with Crippen molar-refractivity contribution in [3.8, 4) is 6.07 Å². The van der Waals surface area contributed by atoms with Gasteiger partial charge in [-0.15, -0.1) is 11.3 Å². The van der Waals surface area contributed by atoms with Gasteiger partial charge in [0.25, 0.3) is 5.91 Å². The Hall–Kier alpha value is -2.91. The lowest BCUT2D eigenvalue weighted by molar-refractivity contribution is 0.0655. The number of hydrogen-bond acceptors (Lipinski definition) is 5. The monoisotopic (exact) mass is 404 g/mol. The number of fused-ring (bicyclic) bond motifs is 1. The van der Waals surface area contributed by atoms with Crippen molar-refractivity contribution in [2.75, 3.05) is 24.5 Å². The summed E-state index contributed by atoms with van der Waals surface area (Å²) in [6.45, 7) is 4.64. The average Bonchev–Trinajstić information content (AvgIpc) is 3.31. The van der Waals surface area contributed by atoms with Gasteiger partial charge < -0.3 is 9.80 Å². The van der Waals surface area contributed by atoms with E-state index in [1.807, 2.05) is 41.8 Å². The zero-order chi connectivity index (χ0) is 20.2. The van der Waals surface area contributed by atoms with E-state index in [1.165, 1.54) is 11.3 Å². The molecule has 1 aliphatic rings. The first kappa shape index (κ1) is 19.4. The van der Waals surface area contributed by atoms with Gasteiger partial charge in [-0.05, 0) is 42.8 Å². The smallest absolute Gasteiger partial charge is 0.264 e. The van der Waals surface area contributed by atoms with E-state index in [0.717, 1.165) is 60.4 Å². The Morgan fingerprint density at radius 2 is 2.07 bits per heavy atom. The molecule has 1 amide bonds. The molecule has 0 unspecified atom stereocenters. The molecule has 148 valence electrons. The Morgan fingerprint density at radius 1 is 1.28 bits per heavy atom. The lowest BCUT2D eigenvalue weighted by Gasteiger charge is -2.39. The van der Waals surface area contributed by atoms with E-state index in [1.54, 1.807) is 0 Å². The minimum atomic E-state index is 0.154. The highest BCUT2D eigenvalue weighted by Gasteiger charge is 2.29. The predicted octanol–water partition coefficient (Wildman–Crippen LogP) is 4.69. The number of carbonyl (C=O) groups excluding carboxylic acids is 1. The Bertz CT molecular complexity index is 1030. The van der Waals surface area contributed by atoms with Crippen LogP contribution in [0, 0.1) is 11.3 Å². The molecule has 0 saturated carbocycles. The first-order chi connectivity index (χ1) is 14.2. The number of thiophene rings is 1. The van der Waals surface area contributed by atoms with Crippen LogP contribution in [0.5, 0.6) is 0 Å². The zero-order valence-electron chi connectivity index (χ0n) is 16.5. The molecular weight excluding hydrogens is 380 g/mol.